The lowest BCUT2D eigenvalue weighted by Gasteiger charge is -2.34. The average Bonchev–Trinajstić information content (AvgIpc) is 2.82. The summed E-state index contributed by atoms with van der Waals surface area (Å²) in [5, 5.41) is 16.1. The van der Waals surface area contributed by atoms with E-state index in [0.717, 1.165) is 6.07 Å². The number of amides is 2. The van der Waals surface area contributed by atoms with Gasteiger partial charge in [-0.25, -0.2) is 9.49 Å². The molecule has 2 N–H and O–H groups in total. The predicted octanol–water partition coefficient (Wildman–Crippen LogP) is 1.52. The zero-order chi connectivity index (χ0) is 22.7. The molecule has 3 aromatic rings. The van der Waals surface area contributed by atoms with Crippen molar-refractivity contribution in [1.29, 1.82) is 0 Å². The predicted molar refractivity (Wildman–Crippen MR) is 113 cm³/mol. The van der Waals surface area contributed by atoms with E-state index in [1.807, 2.05) is 0 Å². The van der Waals surface area contributed by atoms with Crippen LogP contribution in [-0.4, -0.2) is 69.7 Å². The summed E-state index contributed by atoms with van der Waals surface area (Å²) < 4.78 is 20.2. The molecule has 0 spiro atoms. The summed E-state index contributed by atoms with van der Waals surface area (Å²) >= 11 is 0. The molecule has 1 aliphatic rings. The SMILES string of the molecule is O=C(CCO)N1CCN(C(=O)c2cc(Oc3n[nH]c(=O)c4ccccc34)ccc2F)CC1. The Kier molecular flexibility index (Phi) is 6.13. The molecule has 1 aromatic heterocycles. The van der Waals surface area contributed by atoms with Gasteiger partial charge < -0.3 is 19.6 Å². The van der Waals surface area contributed by atoms with Crippen LogP contribution in [0.1, 0.15) is 16.8 Å². The average molecular weight is 440 g/mol. The Balaban J connectivity index is 1.53. The second-order valence-electron chi connectivity index (χ2n) is 7.29. The second-order valence-corrected chi connectivity index (χ2v) is 7.29. The van der Waals surface area contributed by atoms with Gasteiger partial charge in [0.05, 0.1) is 22.9 Å². The fourth-order valence-electron chi connectivity index (χ4n) is 3.59. The van der Waals surface area contributed by atoms with Crippen LogP contribution in [0.15, 0.2) is 47.3 Å². The van der Waals surface area contributed by atoms with Crippen molar-refractivity contribution >= 4 is 22.6 Å². The normalized spacial score (nSPS) is 13.9. The van der Waals surface area contributed by atoms with Crippen LogP contribution in [0.5, 0.6) is 11.6 Å². The molecular weight excluding hydrogens is 419 g/mol. The van der Waals surface area contributed by atoms with Crippen LogP contribution >= 0.6 is 0 Å². The van der Waals surface area contributed by atoms with Crippen molar-refractivity contribution < 1.29 is 23.8 Å². The summed E-state index contributed by atoms with van der Waals surface area (Å²) in [6, 6.07) is 10.6. The molecule has 0 atom stereocenters. The number of aromatic nitrogens is 2. The van der Waals surface area contributed by atoms with Gasteiger partial charge in [-0.2, -0.15) is 0 Å². The molecule has 1 aliphatic heterocycles. The number of rotatable bonds is 5. The standard InChI is InChI=1S/C22H21FN4O5/c23-18-6-5-14(32-21-16-4-2-1-3-15(16)20(30)24-25-21)13-17(18)22(31)27-10-8-26(9-11-27)19(29)7-12-28/h1-6,13,28H,7-12H2,(H,24,30). The maximum atomic E-state index is 14.5. The van der Waals surface area contributed by atoms with Crippen molar-refractivity contribution in [3.63, 3.8) is 0 Å². The first-order valence-electron chi connectivity index (χ1n) is 10.1. The third-order valence-electron chi connectivity index (χ3n) is 5.29. The minimum atomic E-state index is -0.694. The second kappa shape index (κ2) is 9.15. The molecule has 2 heterocycles. The van der Waals surface area contributed by atoms with Crippen LogP contribution in [0.2, 0.25) is 0 Å². The highest BCUT2D eigenvalue weighted by molar-refractivity contribution is 5.95. The number of hydrogen-bond donors (Lipinski definition) is 2. The number of aliphatic hydroxyl groups excluding tert-OH is 1. The summed E-state index contributed by atoms with van der Waals surface area (Å²) in [6.45, 7) is 0.917. The zero-order valence-electron chi connectivity index (χ0n) is 17.1. The third kappa shape index (κ3) is 4.30. The van der Waals surface area contributed by atoms with E-state index >= 15 is 0 Å². The van der Waals surface area contributed by atoms with Gasteiger partial charge in [-0.15, -0.1) is 5.10 Å². The van der Waals surface area contributed by atoms with E-state index in [9.17, 15) is 18.8 Å². The number of halogens is 1. The van der Waals surface area contributed by atoms with Crippen LogP contribution in [0, 0.1) is 5.82 Å². The Labute approximate surface area is 182 Å². The molecule has 0 unspecified atom stereocenters. The van der Waals surface area contributed by atoms with Gasteiger partial charge in [0.2, 0.25) is 11.8 Å². The van der Waals surface area contributed by atoms with E-state index < -0.39 is 11.7 Å². The van der Waals surface area contributed by atoms with E-state index in [1.54, 1.807) is 29.2 Å². The maximum Gasteiger partial charge on any atom is 0.272 e. The van der Waals surface area contributed by atoms with Crippen molar-refractivity contribution in [3.05, 3.63) is 64.2 Å². The van der Waals surface area contributed by atoms with Crippen molar-refractivity contribution in [1.82, 2.24) is 20.0 Å². The van der Waals surface area contributed by atoms with Gasteiger partial charge in [-0.1, -0.05) is 12.1 Å². The largest absolute Gasteiger partial charge is 0.437 e. The molecule has 166 valence electrons. The van der Waals surface area contributed by atoms with Crippen LogP contribution in [-0.2, 0) is 4.79 Å². The minimum Gasteiger partial charge on any atom is -0.437 e. The van der Waals surface area contributed by atoms with Gasteiger partial charge >= 0.3 is 0 Å². The number of fused-ring (bicyclic) bond motifs is 1. The van der Waals surface area contributed by atoms with Gasteiger partial charge in [0.1, 0.15) is 11.6 Å². The summed E-state index contributed by atoms with van der Waals surface area (Å²) in [5.74, 6) is -1.07. The minimum absolute atomic E-state index is 0.0371. The molecule has 0 saturated carbocycles. The van der Waals surface area contributed by atoms with Crippen molar-refractivity contribution in [2.45, 2.75) is 6.42 Å². The number of piperazine rings is 1. The quantitative estimate of drug-likeness (QED) is 0.622. The molecule has 2 aromatic carbocycles. The summed E-state index contributed by atoms with van der Waals surface area (Å²) in [6.07, 6.45) is 0.0371. The lowest BCUT2D eigenvalue weighted by Crippen LogP contribution is -2.50. The van der Waals surface area contributed by atoms with Crippen molar-refractivity contribution in [2.24, 2.45) is 0 Å². The van der Waals surface area contributed by atoms with E-state index in [-0.39, 0.29) is 54.8 Å². The van der Waals surface area contributed by atoms with Crippen LogP contribution in [0.25, 0.3) is 10.8 Å². The number of ether oxygens (including phenoxy) is 1. The summed E-state index contributed by atoms with van der Waals surface area (Å²) in [5.41, 5.74) is -0.522. The number of H-pyrrole nitrogens is 1. The Hall–Kier alpha value is -3.79. The molecule has 10 heteroatoms. The van der Waals surface area contributed by atoms with Crippen LogP contribution < -0.4 is 10.3 Å². The lowest BCUT2D eigenvalue weighted by molar-refractivity contribution is -0.133. The molecule has 2 amide bonds. The van der Waals surface area contributed by atoms with E-state index in [0.29, 0.717) is 23.9 Å². The van der Waals surface area contributed by atoms with E-state index in [1.165, 1.54) is 17.0 Å². The highest BCUT2D eigenvalue weighted by Crippen LogP contribution is 2.27. The molecule has 4 rings (SSSR count). The Bertz CT molecular complexity index is 1220. The smallest absolute Gasteiger partial charge is 0.272 e. The number of carbonyl (C=O) groups excluding carboxylic acids is 2. The molecular formula is C22H21FN4O5. The number of benzene rings is 2. The number of aliphatic hydroxyl groups is 1. The highest BCUT2D eigenvalue weighted by atomic mass is 19.1. The first-order valence-corrected chi connectivity index (χ1v) is 10.1. The molecule has 32 heavy (non-hydrogen) atoms. The van der Waals surface area contributed by atoms with Gasteiger partial charge in [-0.3, -0.25) is 14.4 Å². The fourth-order valence-corrected chi connectivity index (χ4v) is 3.59. The Morgan fingerprint density at radius 2 is 1.75 bits per heavy atom. The van der Waals surface area contributed by atoms with Gasteiger partial charge in [0, 0.05) is 32.6 Å². The molecule has 1 saturated heterocycles. The number of nitrogens with zero attached hydrogens (tertiary/aromatic N) is 3. The fraction of sp³-hybridized carbons (Fsp3) is 0.273. The first kappa shape index (κ1) is 21.4. The monoisotopic (exact) mass is 440 g/mol. The lowest BCUT2D eigenvalue weighted by atomic mass is 10.1. The number of aromatic amines is 1. The Morgan fingerprint density at radius 1 is 1.06 bits per heavy atom. The van der Waals surface area contributed by atoms with Gasteiger partial charge in [0.15, 0.2) is 0 Å². The first-order chi connectivity index (χ1) is 15.5. The van der Waals surface area contributed by atoms with Crippen LogP contribution in [0.4, 0.5) is 4.39 Å². The van der Waals surface area contributed by atoms with Crippen molar-refractivity contribution in [3.8, 4) is 11.6 Å². The summed E-state index contributed by atoms with van der Waals surface area (Å²) in [4.78, 5) is 39.8. The maximum absolute atomic E-state index is 14.5. The summed E-state index contributed by atoms with van der Waals surface area (Å²) in [7, 11) is 0. The molecule has 0 bridgehead atoms. The molecule has 0 aliphatic carbocycles. The van der Waals surface area contributed by atoms with Gasteiger partial charge in [-0.05, 0) is 30.3 Å². The van der Waals surface area contributed by atoms with E-state index in [2.05, 4.69) is 10.2 Å². The molecule has 0 radical (unpaired) electrons. The zero-order valence-corrected chi connectivity index (χ0v) is 17.1. The van der Waals surface area contributed by atoms with Crippen molar-refractivity contribution in [2.75, 3.05) is 32.8 Å². The number of carbonyl (C=O) groups is 2. The molecule has 1 fully saturated rings. The topological polar surface area (TPSA) is 116 Å². The van der Waals surface area contributed by atoms with E-state index in [4.69, 9.17) is 9.84 Å². The number of nitrogens with one attached hydrogen (secondary N) is 1. The van der Waals surface area contributed by atoms with Crippen LogP contribution in [0.3, 0.4) is 0 Å². The van der Waals surface area contributed by atoms with Gasteiger partial charge in [0.25, 0.3) is 11.5 Å². The Morgan fingerprint density at radius 3 is 2.47 bits per heavy atom. The number of hydrogen-bond acceptors (Lipinski definition) is 6. The third-order valence-corrected chi connectivity index (χ3v) is 5.29. The highest BCUT2D eigenvalue weighted by Gasteiger charge is 2.26. The molecule has 9 nitrogen and oxygen atoms in total.